The van der Waals surface area contributed by atoms with Crippen LogP contribution in [-0.4, -0.2) is 17.4 Å². The summed E-state index contributed by atoms with van der Waals surface area (Å²) < 4.78 is 15.0. The van der Waals surface area contributed by atoms with E-state index in [9.17, 15) is 0 Å². The molecule has 0 saturated heterocycles. The molecular weight excluding hydrogens is 542 g/mol. The van der Waals surface area contributed by atoms with Crippen molar-refractivity contribution in [3.63, 3.8) is 0 Å². The molecule has 0 aromatic heterocycles. The smallest absolute Gasteiger partial charge is 1.00 e. The molecule has 0 heterocycles. The average Bonchev–Trinajstić information content (AvgIpc) is 3.43. The first-order chi connectivity index (χ1) is 15.6. The SMILES string of the molecule is COc1cc(OC)cc(C2=[C]([Zr+2](=[C](C)C)[CH]3c4ccccc4-c4ccccc43)CC=C2)c1.[Cl-].[Cl-]. The van der Waals surface area contributed by atoms with Crippen molar-refractivity contribution in [2.24, 2.45) is 0 Å². The molecule has 2 nitrogen and oxygen atoms in total. The molecule has 0 spiro atoms. The molecule has 174 valence electrons. The van der Waals surface area contributed by atoms with E-state index in [-0.39, 0.29) is 24.8 Å². The number of methoxy groups -OCH3 is 2. The molecule has 2 aliphatic rings. The van der Waals surface area contributed by atoms with Gasteiger partial charge in [-0.1, -0.05) is 0 Å². The van der Waals surface area contributed by atoms with Crippen LogP contribution in [0, 0.1) is 0 Å². The first kappa shape index (κ1) is 26.7. The van der Waals surface area contributed by atoms with Crippen molar-refractivity contribution in [2.45, 2.75) is 23.9 Å². The second kappa shape index (κ2) is 11.2. The molecule has 5 heteroatoms. The molecular formula is C29H28Cl2O2Zr. The summed E-state index contributed by atoms with van der Waals surface area (Å²) in [4.78, 5) is 0. The molecule has 0 radical (unpaired) electrons. The number of allylic oxidation sites excluding steroid dienone is 4. The third-order valence-electron chi connectivity index (χ3n) is 6.58. The van der Waals surface area contributed by atoms with Crippen molar-refractivity contribution in [2.75, 3.05) is 14.2 Å². The predicted molar refractivity (Wildman–Crippen MR) is 130 cm³/mol. The van der Waals surface area contributed by atoms with Crippen LogP contribution < -0.4 is 34.3 Å². The van der Waals surface area contributed by atoms with Gasteiger partial charge in [-0.15, -0.1) is 0 Å². The van der Waals surface area contributed by atoms with Gasteiger partial charge >= 0.3 is 199 Å². The van der Waals surface area contributed by atoms with Gasteiger partial charge in [-0.2, -0.15) is 0 Å². The van der Waals surface area contributed by atoms with Crippen LogP contribution in [0.1, 0.15) is 40.6 Å². The van der Waals surface area contributed by atoms with E-state index in [1.807, 2.05) is 6.07 Å². The Morgan fingerprint density at radius 3 is 1.82 bits per heavy atom. The fourth-order valence-corrected chi connectivity index (χ4v) is 13.9. The molecule has 2 aliphatic carbocycles. The number of rotatable bonds is 5. The number of ether oxygens (including phenoxy) is 2. The van der Waals surface area contributed by atoms with E-state index in [0.717, 1.165) is 17.9 Å². The molecule has 0 fully saturated rings. The van der Waals surface area contributed by atoms with Crippen LogP contribution in [0.25, 0.3) is 16.7 Å². The van der Waals surface area contributed by atoms with Crippen LogP contribution in [-0.2, 0) is 21.3 Å². The minimum atomic E-state index is -2.27. The van der Waals surface area contributed by atoms with Crippen molar-refractivity contribution in [1.29, 1.82) is 0 Å². The quantitative estimate of drug-likeness (QED) is 0.456. The van der Waals surface area contributed by atoms with Crippen LogP contribution >= 0.6 is 0 Å². The summed E-state index contributed by atoms with van der Waals surface area (Å²) in [7, 11) is 3.44. The molecule has 0 bridgehead atoms. The summed E-state index contributed by atoms with van der Waals surface area (Å²) in [6.45, 7) is 4.74. The maximum Gasteiger partial charge on any atom is -1.00 e. The van der Waals surface area contributed by atoms with Crippen LogP contribution in [0.5, 0.6) is 11.5 Å². The van der Waals surface area contributed by atoms with Gasteiger partial charge in [-0.3, -0.25) is 0 Å². The minimum absolute atomic E-state index is 0. The van der Waals surface area contributed by atoms with Crippen molar-refractivity contribution in [3.8, 4) is 22.6 Å². The summed E-state index contributed by atoms with van der Waals surface area (Å²) >= 11 is -2.27. The molecule has 0 unspecified atom stereocenters. The van der Waals surface area contributed by atoms with Crippen LogP contribution in [0.3, 0.4) is 0 Å². The van der Waals surface area contributed by atoms with Gasteiger partial charge in [-0.25, -0.2) is 0 Å². The van der Waals surface area contributed by atoms with Gasteiger partial charge in [0.05, 0.1) is 0 Å². The van der Waals surface area contributed by atoms with Gasteiger partial charge in [0.2, 0.25) is 0 Å². The third kappa shape index (κ3) is 4.63. The standard InChI is InChI=1S/C13H13O2.C13H9.C3H6.2ClH.Zr/c1-14-12-7-11(8-13(9-12)15-2)10-5-3-4-6-10;1-3-7-12-10(5-1)9-11-6-2-4-8-13(11)12;1-3-2;;;/h3,5,7-9H,4H2,1-2H3;1-9H;1-2H3;2*1H;/q;;;;;+2/p-2. The van der Waals surface area contributed by atoms with Crippen molar-refractivity contribution in [1.82, 2.24) is 0 Å². The fraction of sp³-hybridized carbons (Fsp3) is 0.207. The normalized spacial score (nSPS) is 13.3. The first-order valence-electron chi connectivity index (χ1n) is 11.1. The Balaban J connectivity index is 0.00000162. The topological polar surface area (TPSA) is 18.5 Å². The monoisotopic (exact) mass is 568 g/mol. The maximum absolute atomic E-state index is 5.58. The Hall–Kier alpha value is -1.93. The van der Waals surface area contributed by atoms with E-state index < -0.39 is 21.3 Å². The summed E-state index contributed by atoms with van der Waals surface area (Å²) in [5, 5.41) is 0. The third-order valence-corrected chi connectivity index (χ3v) is 14.9. The van der Waals surface area contributed by atoms with Gasteiger partial charge in [0.15, 0.2) is 0 Å². The van der Waals surface area contributed by atoms with Gasteiger partial charge < -0.3 is 24.8 Å². The van der Waals surface area contributed by atoms with E-state index in [1.54, 1.807) is 20.7 Å². The summed E-state index contributed by atoms with van der Waals surface area (Å²) in [5.74, 6) is 1.68. The van der Waals surface area contributed by atoms with Crippen LogP contribution in [0.2, 0.25) is 0 Å². The molecule has 5 rings (SSSR count). The Labute approximate surface area is 222 Å². The zero-order valence-electron chi connectivity index (χ0n) is 19.9. The molecule has 0 atom stereocenters. The van der Waals surface area contributed by atoms with E-state index in [0.29, 0.717) is 3.63 Å². The van der Waals surface area contributed by atoms with Gasteiger partial charge in [-0.05, 0) is 0 Å². The van der Waals surface area contributed by atoms with Gasteiger partial charge in [0.1, 0.15) is 0 Å². The molecule has 3 aromatic carbocycles. The number of hydrogen-bond donors (Lipinski definition) is 0. The summed E-state index contributed by atoms with van der Waals surface area (Å²) in [6, 6.07) is 24.3. The van der Waals surface area contributed by atoms with Gasteiger partial charge in [0.25, 0.3) is 0 Å². The van der Waals surface area contributed by atoms with Crippen molar-refractivity contribution < 1.29 is 55.6 Å². The zero-order chi connectivity index (χ0) is 22.2. The van der Waals surface area contributed by atoms with E-state index in [4.69, 9.17) is 9.47 Å². The first-order valence-corrected chi connectivity index (χ1v) is 15.0. The number of fused-ring (bicyclic) bond motifs is 3. The summed E-state index contributed by atoms with van der Waals surface area (Å²) in [5.41, 5.74) is 8.45. The Morgan fingerprint density at radius 2 is 1.32 bits per heavy atom. The fourth-order valence-electron chi connectivity index (χ4n) is 5.22. The second-order valence-electron chi connectivity index (χ2n) is 8.62. The second-order valence-corrected chi connectivity index (χ2v) is 16.0. The molecule has 34 heavy (non-hydrogen) atoms. The summed E-state index contributed by atoms with van der Waals surface area (Å²) in [6.07, 6.45) is 5.71. The van der Waals surface area contributed by atoms with Crippen molar-refractivity contribution in [3.05, 3.63) is 98.9 Å². The Bertz CT molecular complexity index is 1240. The molecule has 0 saturated carbocycles. The van der Waals surface area contributed by atoms with Crippen LogP contribution in [0.4, 0.5) is 0 Å². The number of hydrogen-bond acceptors (Lipinski definition) is 2. The van der Waals surface area contributed by atoms with E-state index in [1.165, 1.54) is 33.4 Å². The molecule has 0 amide bonds. The minimum Gasteiger partial charge on any atom is -1.00 e. The molecule has 0 N–H and O–H groups in total. The van der Waals surface area contributed by atoms with E-state index >= 15 is 0 Å². The van der Waals surface area contributed by atoms with Gasteiger partial charge in [0, 0.05) is 0 Å². The average molecular weight is 571 g/mol. The van der Waals surface area contributed by atoms with Crippen LogP contribution in [0.15, 0.2) is 82.2 Å². The van der Waals surface area contributed by atoms with Crippen molar-refractivity contribution >= 4 is 8.78 Å². The molecule has 0 aliphatic heterocycles. The number of benzene rings is 3. The maximum atomic E-state index is 5.58. The molecule has 3 aromatic rings. The Kier molecular flexibility index (Phi) is 8.79. The van der Waals surface area contributed by atoms with E-state index in [2.05, 4.69) is 86.7 Å². The number of halogens is 2. The zero-order valence-corrected chi connectivity index (χ0v) is 23.8. The largest absolute Gasteiger partial charge is 1.00 e. The predicted octanol–water partition coefficient (Wildman–Crippen LogP) is 0.983. The Morgan fingerprint density at radius 1 is 0.794 bits per heavy atom.